The third-order valence-corrected chi connectivity index (χ3v) is 4.01. The molecule has 1 aromatic rings. The van der Waals surface area contributed by atoms with E-state index in [9.17, 15) is 18.4 Å². The number of carboxylic acids is 1. The highest BCUT2D eigenvalue weighted by atomic mass is 19.2. The van der Waals surface area contributed by atoms with E-state index < -0.39 is 17.6 Å². The van der Waals surface area contributed by atoms with Crippen LogP contribution in [0.2, 0.25) is 0 Å². The van der Waals surface area contributed by atoms with Gasteiger partial charge < -0.3 is 10.0 Å². The van der Waals surface area contributed by atoms with Crippen LogP contribution in [0, 0.1) is 11.6 Å². The summed E-state index contributed by atoms with van der Waals surface area (Å²) in [7, 11) is 0. The lowest BCUT2D eigenvalue weighted by Crippen LogP contribution is -2.44. The van der Waals surface area contributed by atoms with E-state index in [4.69, 9.17) is 5.11 Å². The van der Waals surface area contributed by atoms with Gasteiger partial charge in [0, 0.05) is 24.6 Å². The highest BCUT2D eigenvalue weighted by Crippen LogP contribution is 2.22. The van der Waals surface area contributed by atoms with Crippen molar-refractivity contribution < 1.29 is 23.5 Å². The van der Waals surface area contributed by atoms with Crippen LogP contribution in [0.25, 0.3) is 0 Å². The Kier molecular flexibility index (Phi) is 5.46. The highest BCUT2D eigenvalue weighted by Gasteiger charge is 2.27. The molecule has 1 aliphatic rings. The third-order valence-electron chi connectivity index (χ3n) is 4.01. The van der Waals surface area contributed by atoms with E-state index in [0.717, 1.165) is 25.3 Å². The molecule has 1 atom stereocenters. The summed E-state index contributed by atoms with van der Waals surface area (Å²) in [5.74, 6) is -3.13. The Morgan fingerprint density at radius 2 is 2.05 bits per heavy atom. The number of carbonyl (C=O) groups excluding carboxylic acids is 1. The minimum absolute atomic E-state index is 0.00275. The number of rotatable bonds is 5. The number of carbonyl (C=O) groups is 2. The molecule has 6 heteroatoms. The molecule has 1 amide bonds. The number of aliphatic carboxylic acids is 1. The fraction of sp³-hybridized carbons (Fsp3) is 0.500. The number of carboxylic acid groups (broad SMARTS) is 1. The van der Waals surface area contributed by atoms with Crippen LogP contribution >= 0.6 is 0 Å². The minimum atomic E-state index is -0.991. The molecular formula is C16H19F2NO3. The lowest BCUT2D eigenvalue weighted by molar-refractivity contribution is -0.139. The lowest BCUT2D eigenvalue weighted by atomic mass is 9.97. The topological polar surface area (TPSA) is 57.6 Å². The maximum atomic E-state index is 13.7. The molecule has 1 aliphatic heterocycles. The standard InChI is InChI=1S/C16H19F2NO3/c17-13-6-3-4-11(16(13)18)10-14(20)19-9-2-1-5-12(19)7-8-15(21)22/h3-4,6,12H,1-2,5,7-10H2,(H,21,22)/t12-/m0/s1. The average molecular weight is 311 g/mol. The summed E-state index contributed by atoms with van der Waals surface area (Å²) in [6.45, 7) is 0.542. The quantitative estimate of drug-likeness (QED) is 0.909. The van der Waals surface area contributed by atoms with Crippen LogP contribution in [-0.2, 0) is 16.0 Å². The Morgan fingerprint density at radius 3 is 2.77 bits per heavy atom. The molecular weight excluding hydrogens is 292 g/mol. The van der Waals surface area contributed by atoms with E-state index in [1.54, 1.807) is 4.90 Å². The third kappa shape index (κ3) is 4.02. The monoisotopic (exact) mass is 311 g/mol. The molecule has 1 heterocycles. The van der Waals surface area contributed by atoms with Crippen molar-refractivity contribution in [1.29, 1.82) is 0 Å². The number of amides is 1. The molecule has 0 bridgehead atoms. The van der Waals surface area contributed by atoms with Crippen molar-refractivity contribution in [1.82, 2.24) is 4.90 Å². The Morgan fingerprint density at radius 1 is 1.27 bits per heavy atom. The van der Waals surface area contributed by atoms with Gasteiger partial charge in [-0.1, -0.05) is 12.1 Å². The molecule has 0 unspecified atom stereocenters. The van der Waals surface area contributed by atoms with Crippen LogP contribution in [0.1, 0.15) is 37.7 Å². The Bertz CT molecular complexity index is 562. The molecule has 1 aromatic carbocycles. The minimum Gasteiger partial charge on any atom is -0.481 e. The van der Waals surface area contributed by atoms with Crippen LogP contribution in [-0.4, -0.2) is 34.5 Å². The van der Waals surface area contributed by atoms with Crippen LogP contribution in [0.15, 0.2) is 18.2 Å². The van der Waals surface area contributed by atoms with Crippen molar-refractivity contribution in [2.24, 2.45) is 0 Å². The van der Waals surface area contributed by atoms with Crippen LogP contribution < -0.4 is 0 Å². The van der Waals surface area contributed by atoms with Crippen molar-refractivity contribution in [2.75, 3.05) is 6.54 Å². The first-order valence-corrected chi connectivity index (χ1v) is 7.43. The molecule has 0 radical (unpaired) electrons. The van der Waals surface area contributed by atoms with Crippen molar-refractivity contribution in [3.8, 4) is 0 Å². The second-order valence-corrected chi connectivity index (χ2v) is 5.56. The second kappa shape index (κ2) is 7.33. The maximum absolute atomic E-state index is 13.7. The number of piperidine rings is 1. The second-order valence-electron chi connectivity index (χ2n) is 5.56. The predicted octanol–water partition coefficient (Wildman–Crippen LogP) is 2.75. The summed E-state index contributed by atoms with van der Waals surface area (Å²) in [6.07, 6.45) is 2.75. The molecule has 120 valence electrons. The summed E-state index contributed by atoms with van der Waals surface area (Å²) in [6, 6.07) is 3.65. The van der Waals surface area contributed by atoms with Gasteiger partial charge in [-0.25, -0.2) is 8.78 Å². The van der Waals surface area contributed by atoms with Crippen molar-refractivity contribution in [3.05, 3.63) is 35.4 Å². The zero-order valence-electron chi connectivity index (χ0n) is 12.2. The van der Waals surface area contributed by atoms with Crippen molar-refractivity contribution in [2.45, 2.75) is 44.6 Å². The van der Waals surface area contributed by atoms with Gasteiger partial charge in [0.15, 0.2) is 11.6 Å². The van der Waals surface area contributed by atoms with E-state index in [-0.39, 0.29) is 30.4 Å². The molecule has 1 N–H and O–H groups in total. The average Bonchev–Trinajstić information content (AvgIpc) is 2.50. The predicted molar refractivity (Wildman–Crippen MR) is 76.3 cm³/mol. The molecule has 1 fully saturated rings. The van der Waals surface area contributed by atoms with Gasteiger partial charge in [0.25, 0.3) is 0 Å². The Labute approximate surface area is 127 Å². The molecule has 2 rings (SSSR count). The molecule has 1 saturated heterocycles. The van der Waals surface area contributed by atoms with Gasteiger partial charge in [0.1, 0.15) is 0 Å². The first-order valence-electron chi connectivity index (χ1n) is 7.43. The molecule has 0 saturated carbocycles. The van der Waals surface area contributed by atoms with E-state index in [1.807, 2.05) is 0 Å². The van der Waals surface area contributed by atoms with E-state index in [0.29, 0.717) is 13.0 Å². The van der Waals surface area contributed by atoms with Gasteiger partial charge in [0.2, 0.25) is 5.91 Å². The molecule has 4 nitrogen and oxygen atoms in total. The lowest BCUT2D eigenvalue weighted by Gasteiger charge is -2.35. The molecule has 0 aromatic heterocycles. The van der Waals surface area contributed by atoms with Crippen LogP contribution in [0.3, 0.4) is 0 Å². The van der Waals surface area contributed by atoms with Crippen molar-refractivity contribution in [3.63, 3.8) is 0 Å². The smallest absolute Gasteiger partial charge is 0.303 e. The Hall–Kier alpha value is -1.98. The Balaban J connectivity index is 2.05. The van der Waals surface area contributed by atoms with Crippen LogP contribution in [0.4, 0.5) is 8.78 Å². The number of hydrogen-bond donors (Lipinski definition) is 1. The SMILES string of the molecule is O=C(O)CC[C@@H]1CCCCN1C(=O)Cc1cccc(F)c1F. The van der Waals surface area contributed by atoms with Gasteiger partial charge in [-0.05, 0) is 31.7 Å². The summed E-state index contributed by atoms with van der Waals surface area (Å²) in [5.41, 5.74) is 0.0348. The number of likely N-dealkylation sites (tertiary alicyclic amines) is 1. The van der Waals surface area contributed by atoms with Crippen LogP contribution in [0.5, 0.6) is 0 Å². The zero-order chi connectivity index (χ0) is 16.1. The fourth-order valence-corrected chi connectivity index (χ4v) is 2.87. The van der Waals surface area contributed by atoms with Gasteiger partial charge in [-0.2, -0.15) is 0 Å². The summed E-state index contributed by atoms with van der Waals surface area (Å²) in [5, 5.41) is 8.78. The molecule has 0 aliphatic carbocycles. The number of hydrogen-bond acceptors (Lipinski definition) is 2. The van der Waals surface area contributed by atoms with E-state index in [2.05, 4.69) is 0 Å². The number of nitrogens with zero attached hydrogens (tertiary/aromatic N) is 1. The summed E-state index contributed by atoms with van der Waals surface area (Å²) >= 11 is 0. The highest BCUT2D eigenvalue weighted by molar-refractivity contribution is 5.79. The zero-order valence-corrected chi connectivity index (χ0v) is 12.2. The first-order chi connectivity index (χ1) is 10.5. The summed E-state index contributed by atoms with van der Waals surface area (Å²) < 4.78 is 26.8. The molecule has 22 heavy (non-hydrogen) atoms. The number of benzene rings is 1. The fourth-order valence-electron chi connectivity index (χ4n) is 2.87. The van der Waals surface area contributed by atoms with Gasteiger partial charge in [0.05, 0.1) is 6.42 Å². The number of halogens is 2. The van der Waals surface area contributed by atoms with Crippen molar-refractivity contribution >= 4 is 11.9 Å². The van der Waals surface area contributed by atoms with E-state index >= 15 is 0 Å². The van der Waals surface area contributed by atoms with E-state index in [1.165, 1.54) is 12.1 Å². The van der Waals surface area contributed by atoms with Gasteiger partial charge in [-0.3, -0.25) is 9.59 Å². The van der Waals surface area contributed by atoms with Gasteiger partial charge in [-0.15, -0.1) is 0 Å². The molecule has 0 spiro atoms. The normalized spacial score (nSPS) is 18.3. The first kappa shape index (κ1) is 16.4. The largest absolute Gasteiger partial charge is 0.481 e. The maximum Gasteiger partial charge on any atom is 0.303 e. The summed E-state index contributed by atoms with van der Waals surface area (Å²) in [4.78, 5) is 24.7. The van der Waals surface area contributed by atoms with Gasteiger partial charge >= 0.3 is 5.97 Å².